The third-order valence-corrected chi connectivity index (χ3v) is 4.15. The second kappa shape index (κ2) is 7.84. The highest BCUT2D eigenvalue weighted by molar-refractivity contribution is 6.00. The van der Waals surface area contributed by atoms with Crippen molar-refractivity contribution in [2.24, 2.45) is 0 Å². The van der Waals surface area contributed by atoms with Gasteiger partial charge in [0.1, 0.15) is 5.75 Å². The van der Waals surface area contributed by atoms with Gasteiger partial charge in [-0.05, 0) is 43.7 Å². The van der Waals surface area contributed by atoms with E-state index in [4.69, 9.17) is 4.74 Å². The summed E-state index contributed by atoms with van der Waals surface area (Å²) in [6, 6.07) is 15.4. The van der Waals surface area contributed by atoms with Gasteiger partial charge in [0.15, 0.2) is 0 Å². The van der Waals surface area contributed by atoms with Crippen LogP contribution in [0.1, 0.15) is 23.2 Å². The lowest BCUT2D eigenvalue weighted by atomic mass is 10.1. The fraction of sp³-hybridized carbons (Fsp3) is 0.316. The van der Waals surface area contributed by atoms with Crippen LogP contribution in [0.4, 0.5) is 11.4 Å². The molecule has 0 saturated carbocycles. The Morgan fingerprint density at radius 2 is 2.08 bits per heavy atom. The van der Waals surface area contributed by atoms with Crippen LogP contribution in [0.5, 0.6) is 5.75 Å². The predicted molar refractivity (Wildman–Crippen MR) is 96.1 cm³/mol. The molecule has 3 rings (SSSR count). The number of hydrogen-bond donors (Lipinski definition) is 3. The number of ether oxygens (including phenoxy) is 1. The van der Waals surface area contributed by atoms with Gasteiger partial charge in [0.05, 0.1) is 18.4 Å². The molecule has 1 heterocycles. The number of rotatable bonds is 5. The molecule has 0 aliphatic carbocycles. The lowest BCUT2D eigenvalue weighted by Gasteiger charge is -2.24. The molecule has 1 atom stereocenters. The number of amides is 1. The van der Waals surface area contributed by atoms with E-state index < -0.39 is 0 Å². The number of hydrogen-bond acceptors (Lipinski definition) is 4. The maximum atomic E-state index is 12.6. The highest BCUT2D eigenvalue weighted by Crippen LogP contribution is 2.24. The van der Waals surface area contributed by atoms with Gasteiger partial charge in [0, 0.05) is 24.3 Å². The molecule has 0 bridgehead atoms. The summed E-state index contributed by atoms with van der Waals surface area (Å²) in [7, 11) is 1.64. The zero-order chi connectivity index (χ0) is 16.8. The molecular formula is C19H23N3O2. The number of piperidine rings is 1. The first kappa shape index (κ1) is 16.3. The summed E-state index contributed by atoms with van der Waals surface area (Å²) in [4.78, 5) is 12.6. The van der Waals surface area contributed by atoms with Gasteiger partial charge in [0.2, 0.25) is 0 Å². The Morgan fingerprint density at radius 3 is 2.88 bits per heavy atom. The zero-order valence-electron chi connectivity index (χ0n) is 13.8. The van der Waals surface area contributed by atoms with Gasteiger partial charge in [-0.2, -0.15) is 0 Å². The summed E-state index contributed by atoms with van der Waals surface area (Å²) in [5.74, 6) is 0.727. The average Bonchev–Trinajstić information content (AvgIpc) is 2.63. The van der Waals surface area contributed by atoms with Crippen molar-refractivity contribution >= 4 is 17.3 Å². The molecule has 0 radical (unpaired) electrons. The van der Waals surface area contributed by atoms with Crippen LogP contribution >= 0.6 is 0 Å². The van der Waals surface area contributed by atoms with Gasteiger partial charge < -0.3 is 20.7 Å². The van der Waals surface area contributed by atoms with Crippen molar-refractivity contribution in [3.05, 3.63) is 54.1 Å². The largest absolute Gasteiger partial charge is 0.497 e. The first-order valence-electron chi connectivity index (χ1n) is 8.28. The molecule has 1 amide bonds. The third-order valence-electron chi connectivity index (χ3n) is 4.15. The third kappa shape index (κ3) is 4.06. The van der Waals surface area contributed by atoms with E-state index in [1.54, 1.807) is 7.11 Å². The molecule has 1 aliphatic heterocycles. The summed E-state index contributed by atoms with van der Waals surface area (Å²) in [5.41, 5.74) is 2.31. The number of methoxy groups -OCH3 is 1. The van der Waals surface area contributed by atoms with E-state index in [1.807, 2.05) is 48.5 Å². The lowest BCUT2D eigenvalue weighted by molar-refractivity contribution is 0.0931. The van der Waals surface area contributed by atoms with Crippen LogP contribution in [0.2, 0.25) is 0 Å². The van der Waals surface area contributed by atoms with Gasteiger partial charge in [-0.1, -0.05) is 18.2 Å². The molecule has 5 nitrogen and oxygen atoms in total. The zero-order valence-corrected chi connectivity index (χ0v) is 13.8. The Morgan fingerprint density at radius 1 is 1.21 bits per heavy atom. The fourth-order valence-corrected chi connectivity index (χ4v) is 2.88. The second-order valence-corrected chi connectivity index (χ2v) is 5.92. The van der Waals surface area contributed by atoms with Crippen LogP contribution in [0.3, 0.4) is 0 Å². The molecule has 1 unspecified atom stereocenters. The number of carbonyl (C=O) groups is 1. The fourth-order valence-electron chi connectivity index (χ4n) is 2.88. The Labute approximate surface area is 142 Å². The van der Waals surface area contributed by atoms with Crippen LogP contribution in [0, 0.1) is 0 Å². The smallest absolute Gasteiger partial charge is 0.253 e. The molecule has 2 aromatic rings. The number of nitrogens with one attached hydrogen (secondary N) is 3. The minimum absolute atomic E-state index is 0.0466. The molecule has 126 valence electrons. The monoisotopic (exact) mass is 325 g/mol. The number of anilines is 2. The number of carbonyl (C=O) groups excluding carboxylic acids is 1. The highest BCUT2D eigenvalue weighted by Gasteiger charge is 2.18. The van der Waals surface area contributed by atoms with Crippen molar-refractivity contribution in [3.8, 4) is 5.75 Å². The molecule has 1 aliphatic rings. The quantitative estimate of drug-likeness (QED) is 0.791. The molecule has 1 fully saturated rings. The Hall–Kier alpha value is -2.53. The van der Waals surface area contributed by atoms with Crippen LogP contribution in [0.25, 0.3) is 0 Å². The molecule has 2 aromatic carbocycles. The average molecular weight is 325 g/mol. The summed E-state index contributed by atoms with van der Waals surface area (Å²) in [5, 5.41) is 9.74. The minimum Gasteiger partial charge on any atom is -0.497 e. The number of para-hydroxylation sites is 1. The second-order valence-electron chi connectivity index (χ2n) is 5.92. The maximum Gasteiger partial charge on any atom is 0.253 e. The van der Waals surface area contributed by atoms with Crippen molar-refractivity contribution < 1.29 is 9.53 Å². The summed E-state index contributed by atoms with van der Waals surface area (Å²) in [6.45, 7) is 1.86. The standard InChI is InChI=1S/C19H23N3O2/c1-24-16-8-4-6-14(12-16)21-18-10-3-2-9-17(18)19(23)22-15-7-5-11-20-13-15/h2-4,6,8-10,12,15,20-21H,5,7,11,13H2,1H3,(H,22,23). The van der Waals surface area contributed by atoms with E-state index in [-0.39, 0.29) is 11.9 Å². The van der Waals surface area contributed by atoms with E-state index in [1.165, 1.54) is 0 Å². The van der Waals surface area contributed by atoms with E-state index in [9.17, 15) is 4.79 Å². The summed E-state index contributed by atoms with van der Waals surface area (Å²) >= 11 is 0. The first-order valence-corrected chi connectivity index (χ1v) is 8.28. The van der Waals surface area contributed by atoms with E-state index in [0.29, 0.717) is 5.56 Å². The predicted octanol–water partition coefficient (Wildman–Crippen LogP) is 2.92. The summed E-state index contributed by atoms with van der Waals surface area (Å²) in [6.07, 6.45) is 2.11. The van der Waals surface area contributed by atoms with Gasteiger partial charge >= 0.3 is 0 Å². The molecular weight excluding hydrogens is 302 g/mol. The highest BCUT2D eigenvalue weighted by atomic mass is 16.5. The molecule has 3 N–H and O–H groups in total. The Balaban J connectivity index is 1.75. The molecule has 24 heavy (non-hydrogen) atoms. The van der Waals surface area contributed by atoms with Crippen LogP contribution in [-0.4, -0.2) is 32.1 Å². The SMILES string of the molecule is COc1cccc(Nc2ccccc2C(=O)NC2CCCNC2)c1. The van der Waals surface area contributed by atoms with Gasteiger partial charge in [0.25, 0.3) is 5.91 Å². The van der Waals surface area contributed by atoms with Crippen LogP contribution in [-0.2, 0) is 0 Å². The number of benzene rings is 2. The van der Waals surface area contributed by atoms with Crippen LogP contribution < -0.4 is 20.7 Å². The van der Waals surface area contributed by atoms with Gasteiger partial charge in [-0.15, -0.1) is 0 Å². The Bertz CT molecular complexity index is 697. The van der Waals surface area contributed by atoms with Crippen molar-refractivity contribution in [3.63, 3.8) is 0 Å². The van der Waals surface area contributed by atoms with E-state index in [2.05, 4.69) is 16.0 Å². The topological polar surface area (TPSA) is 62.4 Å². The van der Waals surface area contributed by atoms with Gasteiger partial charge in [-0.25, -0.2) is 0 Å². The van der Waals surface area contributed by atoms with Crippen molar-refractivity contribution in [1.82, 2.24) is 10.6 Å². The van der Waals surface area contributed by atoms with Gasteiger partial charge in [-0.3, -0.25) is 4.79 Å². The van der Waals surface area contributed by atoms with E-state index in [0.717, 1.165) is 43.1 Å². The molecule has 0 spiro atoms. The minimum atomic E-state index is -0.0466. The van der Waals surface area contributed by atoms with Crippen molar-refractivity contribution in [2.45, 2.75) is 18.9 Å². The lowest BCUT2D eigenvalue weighted by Crippen LogP contribution is -2.45. The Kier molecular flexibility index (Phi) is 5.33. The van der Waals surface area contributed by atoms with Crippen molar-refractivity contribution in [2.75, 3.05) is 25.5 Å². The summed E-state index contributed by atoms with van der Waals surface area (Å²) < 4.78 is 5.24. The molecule has 5 heteroatoms. The molecule has 1 saturated heterocycles. The normalized spacial score (nSPS) is 17.1. The maximum absolute atomic E-state index is 12.6. The molecule has 0 aromatic heterocycles. The van der Waals surface area contributed by atoms with E-state index >= 15 is 0 Å². The first-order chi connectivity index (χ1) is 11.8. The van der Waals surface area contributed by atoms with Crippen molar-refractivity contribution in [1.29, 1.82) is 0 Å². The van der Waals surface area contributed by atoms with Crippen LogP contribution in [0.15, 0.2) is 48.5 Å².